The third-order valence-corrected chi connectivity index (χ3v) is 3.36. The van der Waals surface area contributed by atoms with Gasteiger partial charge in [0, 0.05) is 12.1 Å². The van der Waals surface area contributed by atoms with Gasteiger partial charge in [0.2, 0.25) is 0 Å². The number of hydrogen-bond acceptors (Lipinski definition) is 4. The van der Waals surface area contributed by atoms with Crippen molar-refractivity contribution in [1.82, 2.24) is 14.3 Å². The lowest BCUT2D eigenvalue weighted by Gasteiger charge is -2.09. The molecule has 0 saturated carbocycles. The average molecular weight is 312 g/mol. The summed E-state index contributed by atoms with van der Waals surface area (Å²) >= 11 is 0. The predicted molar refractivity (Wildman–Crippen MR) is 82.8 cm³/mol. The van der Waals surface area contributed by atoms with E-state index in [1.165, 1.54) is 33.6 Å². The first-order chi connectivity index (χ1) is 11.1. The molecule has 23 heavy (non-hydrogen) atoms. The van der Waals surface area contributed by atoms with Crippen LogP contribution < -0.4 is 11.4 Å². The zero-order valence-corrected chi connectivity index (χ0v) is 11.9. The lowest BCUT2D eigenvalue weighted by Crippen LogP contribution is -2.26. The first-order valence-corrected chi connectivity index (χ1v) is 6.77. The molecule has 0 amide bonds. The highest BCUT2D eigenvalue weighted by atomic mass is 16.6. The van der Waals surface area contributed by atoms with Crippen molar-refractivity contribution in [2.45, 2.75) is 6.54 Å². The molecule has 0 atom stereocenters. The van der Waals surface area contributed by atoms with Gasteiger partial charge in [0.15, 0.2) is 0 Å². The minimum absolute atomic E-state index is 0.0886. The smallest absolute Gasteiger partial charge is 0.258 e. The molecule has 8 heteroatoms. The van der Waals surface area contributed by atoms with Gasteiger partial charge in [-0.15, -0.1) is 0 Å². The molecular formula is C15H12N4O4. The number of hydrogen-bond donors (Lipinski definition) is 1. The molecule has 0 bridgehead atoms. The normalized spacial score (nSPS) is 10.6. The SMILES string of the molecule is O=c1[nH]c(=O)n(-c2ccc([N+](=O)[O-])cc2)n1Cc1ccccc1. The number of aromatic nitrogens is 3. The van der Waals surface area contributed by atoms with Gasteiger partial charge < -0.3 is 0 Å². The van der Waals surface area contributed by atoms with Crippen molar-refractivity contribution in [3.8, 4) is 5.69 Å². The summed E-state index contributed by atoms with van der Waals surface area (Å²) in [5, 5.41) is 10.7. The second-order valence-corrected chi connectivity index (χ2v) is 4.86. The van der Waals surface area contributed by atoms with Crippen molar-refractivity contribution in [2.75, 3.05) is 0 Å². The van der Waals surface area contributed by atoms with Crippen molar-refractivity contribution in [3.63, 3.8) is 0 Å². The average Bonchev–Trinajstić information content (AvgIpc) is 2.82. The maximum Gasteiger partial charge on any atom is 0.349 e. The minimum Gasteiger partial charge on any atom is -0.258 e. The topological polar surface area (TPSA) is 103 Å². The van der Waals surface area contributed by atoms with Crippen LogP contribution in [0.3, 0.4) is 0 Å². The van der Waals surface area contributed by atoms with Crippen LogP contribution in [0.25, 0.3) is 5.69 Å². The zero-order chi connectivity index (χ0) is 16.4. The Bertz CT molecular complexity index is 952. The van der Waals surface area contributed by atoms with Crippen LogP contribution in [0.2, 0.25) is 0 Å². The summed E-state index contributed by atoms with van der Waals surface area (Å²) in [5.74, 6) is 0. The van der Waals surface area contributed by atoms with Crippen LogP contribution in [0, 0.1) is 10.1 Å². The number of nitro benzene ring substituents is 1. The van der Waals surface area contributed by atoms with Gasteiger partial charge in [-0.25, -0.2) is 14.3 Å². The number of nitrogens with one attached hydrogen (secondary N) is 1. The first-order valence-electron chi connectivity index (χ1n) is 6.77. The zero-order valence-electron chi connectivity index (χ0n) is 11.9. The van der Waals surface area contributed by atoms with Crippen LogP contribution in [0.4, 0.5) is 5.69 Å². The fourth-order valence-corrected chi connectivity index (χ4v) is 2.28. The number of nitro groups is 1. The van der Waals surface area contributed by atoms with Crippen LogP contribution in [0.1, 0.15) is 5.56 Å². The summed E-state index contributed by atoms with van der Waals surface area (Å²) in [4.78, 5) is 36.4. The van der Waals surface area contributed by atoms with E-state index in [9.17, 15) is 19.7 Å². The van der Waals surface area contributed by atoms with Gasteiger partial charge in [-0.2, -0.15) is 4.68 Å². The molecule has 2 aromatic carbocycles. The van der Waals surface area contributed by atoms with Crippen molar-refractivity contribution in [2.24, 2.45) is 0 Å². The fraction of sp³-hybridized carbons (Fsp3) is 0.0667. The molecule has 0 spiro atoms. The van der Waals surface area contributed by atoms with Crippen molar-refractivity contribution in [1.29, 1.82) is 0 Å². The molecule has 1 heterocycles. The van der Waals surface area contributed by atoms with Gasteiger partial charge in [-0.1, -0.05) is 30.3 Å². The second kappa shape index (κ2) is 5.76. The van der Waals surface area contributed by atoms with E-state index in [1.54, 1.807) is 0 Å². The van der Waals surface area contributed by atoms with Gasteiger partial charge in [-0.05, 0) is 17.7 Å². The Hall–Kier alpha value is -3.42. The fourth-order valence-electron chi connectivity index (χ4n) is 2.28. The Kier molecular flexibility index (Phi) is 3.63. The third kappa shape index (κ3) is 2.82. The first kappa shape index (κ1) is 14.5. The maximum atomic E-state index is 12.0. The van der Waals surface area contributed by atoms with E-state index in [1.807, 2.05) is 30.3 Å². The van der Waals surface area contributed by atoms with E-state index in [-0.39, 0.29) is 12.2 Å². The molecule has 3 aromatic rings. The Labute approximate surface area is 129 Å². The third-order valence-electron chi connectivity index (χ3n) is 3.36. The maximum absolute atomic E-state index is 12.0. The lowest BCUT2D eigenvalue weighted by atomic mass is 10.2. The number of nitrogens with zero attached hydrogens (tertiary/aromatic N) is 3. The van der Waals surface area contributed by atoms with Crippen molar-refractivity contribution < 1.29 is 4.92 Å². The lowest BCUT2D eigenvalue weighted by molar-refractivity contribution is -0.384. The predicted octanol–water partition coefficient (Wildman–Crippen LogP) is 1.28. The summed E-state index contributed by atoms with van der Waals surface area (Å²) in [6, 6.07) is 14.6. The van der Waals surface area contributed by atoms with Crippen LogP contribution in [0.5, 0.6) is 0 Å². The molecule has 3 rings (SSSR count). The Morgan fingerprint density at radius 3 is 2.22 bits per heavy atom. The second-order valence-electron chi connectivity index (χ2n) is 4.86. The summed E-state index contributed by atoms with van der Waals surface area (Å²) in [6.07, 6.45) is 0. The molecule has 0 aliphatic heterocycles. The number of aromatic amines is 1. The Morgan fingerprint density at radius 1 is 0.957 bits per heavy atom. The van der Waals surface area contributed by atoms with Crippen LogP contribution in [-0.2, 0) is 6.54 Å². The quantitative estimate of drug-likeness (QED) is 0.579. The monoisotopic (exact) mass is 312 g/mol. The Morgan fingerprint density at radius 2 is 1.61 bits per heavy atom. The van der Waals surface area contributed by atoms with Gasteiger partial charge >= 0.3 is 11.4 Å². The summed E-state index contributed by atoms with van der Waals surface area (Å²) < 4.78 is 2.41. The number of rotatable bonds is 4. The molecule has 0 aliphatic carbocycles. The van der Waals surface area contributed by atoms with Gasteiger partial charge in [0.05, 0.1) is 17.2 Å². The largest absolute Gasteiger partial charge is 0.349 e. The van der Waals surface area contributed by atoms with Crippen molar-refractivity contribution >= 4 is 5.69 Å². The van der Waals surface area contributed by atoms with Gasteiger partial charge in [0.1, 0.15) is 0 Å². The number of benzene rings is 2. The summed E-state index contributed by atoms with van der Waals surface area (Å²) in [5.41, 5.74) is -0.00887. The van der Waals surface area contributed by atoms with Crippen LogP contribution in [-0.4, -0.2) is 19.3 Å². The van der Waals surface area contributed by atoms with E-state index >= 15 is 0 Å². The minimum atomic E-state index is -0.597. The molecule has 0 saturated heterocycles. The molecule has 0 unspecified atom stereocenters. The van der Waals surface area contributed by atoms with Gasteiger partial charge in [-0.3, -0.25) is 15.1 Å². The number of H-pyrrole nitrogens is 1. The van der Waals surface area contributed by atoms with Gasteiger partial charge in [0.25, 0.3) is 5.69 Å². The number of non-ortho nitro benzene ring substituents is 1. The molecular weight excluding hydrogens is 300 g/mol. The standard InChI is InChI=1S/C15H12N4O4/c20-14-16-15(21)18(12-6-8-13(9-7-12)19(22)23)17(14)10-11-4-2-1-3-5-11/h1-9H,10H2,(H,16,20,21). The molecule has 0 fully saturated rings. The van der Waals surface area contributed by atoms with E-state index in [0.717, 1.165) is 5.56 Å². The highest BCUT2D eigenvalue weighted by Crippen LogP contribution is 2.14. The molecule has 1 aromatic heterocycles. The molecule has 0 radical (unpaired) electrons. The van der Waals surface area contributed by atoms with Crippen LogP contribution >= 0.6 is 0 Å². The van der Waals surface area contributed by atoms with E-state index < -0.39 is 16.3 Å². The Balaban J connectivity index is 2.07. The highest BCUT2D eigenvalue weighted by Gasteiger charge is 2.13. The highest BCUT2D eigenvalue weighted by molar-refractivity contribution is 5.40. The van der Waals surface area contributed by atoms with Crippen molar-refractivity contribution in [3.05, 3.63) is 91.2 Å². The molecule has 0 aliphatic rings. The van der Waals surface area contributed by atoms with Crippen LogP contribution in [0.15, 0.2) is 64.2 Å². The molecule has 1 N–H and O–H groups in total. The molecule has 116 valence electrons. The van der Waals surface area contributed by atoms with E-state index in [4.69, 9.17) is 0 Å². The summed E-state index contributed by atoms with van der Waals surface area (Å²) in [7, 11) is 0. The van der Waals surface area contributed by atoms with E-state index in [0.29, 0.717) is 5.69 Å². The summed E-state index contributed by atoms with van der Waals surface area (Å²) in [6.45, 7) is 0.204. The van der Waals surface area contributed by atoms with E-state index in [2.05, 4.69) is 4.98 Å². The molecule has 8 nitrogen and oxygen atoms in total.